The van der Waals surface area contributed by atoms with E-state index in [-0.39, 0.29) is 10.7 Å². The molecular formula is C12H14ClFN2O3. The largest absolute Gasteiger partial charge is 0.480 e. The zero-order chi connectivity index (χ0) is 14.8. The standard InChI is InChI=1S/C12H14ClFN2O3/c1-12(2,10(17)18)16(3)11(19)15-9-7(13)5-4-6-8(9)14/h4-6H,1-3H3,(H,15,19)(H,17,18). The molecule has 2 N–H and O–H groups in total. The molecule has 1 rings (SSSR count). The lowest BCUT2D eigenvalue weighted by atomic mass is 10.1. The number of carboxylic acids is 1. The lowest BCUT2D eigenvalue weighted by molar-refractivity contribution is -0.146. The van der Waals surface area contributed by atoms with Gasteiger partial charge in [0.2, 0.25) is 0 Å². The summed E-state index contributed by atoms with van der Waals surface area (Å²) in [5, 5.41) is 11.3. The van der Waals surface area contributed by atoms with Crippen molar-refractivity contribution in [2.24, 2.45) is 0 Å². The summed E-state index contributed by atoms with van der Waals surface area (Å²) in [4.78, 5) is 23.9. The minimum absolute atomic E-state index is 0.0369. The van der Waals surface area contributed by atoms with Crippen LogP contribution in [0.15, 0.2) is 18.2 Å². The molecule has 104 valence electrons. The number of likely N-dealkylation sites (N-methyl/N-ethyl adjacent to an activating group) is 1. The van der Waals surface area contributed by atoms with Gasteiger partial charge in [-0.3, -0.25) is 0 Å². The maximum Gasteiger partial charge on any atom is 0.329 e. The van der Waals surface area contributed by atoms with Crippen LogP contribution in [0.5, 0.6) is 0 Å². The summed E-state index contributed by atoms with van der Waals surface area (Å²) in [5.41, 5.74) is -1.61. The summed E-state index contributed by atoms with van der Waals surface area (Å²) in [7, 11) is 1.30. The van der Waals surface area contributed by atoms with Gasteiger partial charge in [0.25, 0.3) is 0 Å². The second kappa shape index (κ2) is 5.44. The van der Waals surface area contributed by atoms with E-state index in [1.54, 1.807) is 0 Å². The molecule has 0 unspecified atom stereocenters. The van der Waals surface area contributed by atoms with Gasteiger partial charge in [-0.15, -0.1) is 0 Å². The number of aliphatic carboxylic acids is 1. The van der Waals surface area contributed by atoms with E-state index in [1.165, 1.54) is 33.0 Å². The van der Waals surface area contributed by atoms with Crippen LogP contribution >= 0.6 is 11.6 Å². The predicted octanol–water partition coefficient (Wildman–Crippen LogP) is 2.81. The Morgan fingerprint density at radius 2 is 2.00 bits per heavy atom. The Labute approximate surface area is 115 Å². The van der Waals surface area contributed by atoms with Crippen LogP contribution in [0.2, 0.25) is 5.02 Å². The molecule has 19 heavy (non-hydrogen) atoms. The van der Waals surface area contributed by atoms with E-state index in [2.05, 4.69) is 5.32 Å². The molecule has 0 aromatic heterocycles. The van der Waals surface area contributed by atoms with Gasteiger partial charge in [-0.25, -0.2) is 14.0 Å². The normalized spacial score (nSPS) is 11.0. The number of amides is 2. The van der Waals surface area contributed by atoms with Crippen molar-refractivity contribution in [3.05, 3.63) is 29.0 Å². The third kappa shape index (κ3) is 3.14. The average molecular weight is 289 g/mol. The van der Waals surface area contributed by atoms with Crippen molar-refractivity contribution in [2.45, 2.75) is 19.4 Å². The molecule has 0 aliphatic rings. The first-order valence-corrected chi connectivity index (χ1v) is 5.78. The minimum Gasteiger partial charge on any atom is -0.480 e. The molecule has 0 aliphatic heterocycles. The van der Waals surface area contributed by atoms with E-state index in [0.717, 1.165) is 11.0 Å². The van der Waals surface area contributed by atoms with Crippen LogP contribution in [0.3, 0.4) is 0 Å². The topological polar surface area (TPSA) is 69.6 Å². The summed E-state index contributed by atoms with van der Waals surface area (Å²) in [6.45, 7) is 2.72. The minimum atomic E-state index is -1.43. The molecule has 0 radical (unpaired) electrons. The van der Waals surface area contributed by atoms with Gasteiger partial charge >= 0.3 is 12.0 Å². The zero-order valence-corrected chi connectivity index (χ0v) is 11.5. The Hall–Kier alpha value is -1.82. The number of urea groups is 1. The van der Waals surface area contributed by atoms with Crippen molar-refractivity contribution < 1.29 is 19.1 Å². The molecule has 0 atom stereocenters. The highest BCUT2D eigenvalue weighted by Gasteiger charge is 2.35. The number of nitrogens with zero attached hydrogens (tertiary/aromatic N) is 1. The third-order valence-corrected chi connectivity index (χ3v) is 3.18. The molecule has 7 heteroatoms. The number of hydrogen-bond donors (Lipinski definition) is 2. The van der Waals surface area contributed by atoms with E-state index in [0.29, 0.717) is 0 Å². The van der Waals surface area contributed by atoms with Crippen LogP contribution in [-0.2, 0) is 4.79 Å². The quantitative estimate of drug-likeness (QED) is 0.898. The van der Waals surface area contributed by atoms with Crippen LogP contribution in [0.25, 0.3) is 0 Å². The number of hydrogen-bond acceptors (Lipinski definition) is 2. The fourth-order valence-electron chi connectivity index (χ4n) is 1.21. The maximum atomic E-state index is 13.5. The number of anilines is 1. The molecule has 0 heterocycles. The number of carboxylic acid groups (broad SMARTS) is 1. The number of carbonyl (C=O) groups excluding carboxylic acids is 1. The highest BCUT2D eigenvalue weighted by atomic mass is 35.5. The second-order valence-corrected chi connectivity index (χ2v) is 4.86. The maximum absolute atomic E-state index is 13.5. The molecule has 0 fully saturated rings. The summed E-state index contributed by atoms with van der Waals surface area (Å²) in [6.07, 6.45) is 0. The first kappa shape index (κ1) is 15.2. The van der Waals surface area contributed by atoms with Crippen LogP contribution in [0.1, 0.15) is 13.8 Å². The molecule has 0 saturated carbocycles. The predicted molar refractivity (Wildman–Crippen MR) is 69.9 cm³/mol. The Bertz CT molecular complexity index is 499. The summed E-state index contributed by atoms with van der Waals surface area (Å²) >= 11 is 5.77. The van der Waals surface area contributed by atoms with Crippen molar-refractivity contribution in [1.82, 2.24) is 4.90 Å². The molecule has 0 spiro atoms. The van der Waals surface area contributed by atoms with Crippen molar-refractivity contribution >= 4 is 29.3 Å². The van der Waals surface area contributed by atoms with Crippen LogP contribution in [-0.4, -0.2) is 34.6 Å². The fourth-order valence-corrected chi connectivity index (χ4v) is 1.42. The van der Waals surface area contributed by atoms with Crippen molar-refractivity contribution in [3.63, 3.8) is 0 Å². The van der Waals surface area contributed by atoms with Crippen molar-refractivity contribution in [1.29, 1.82) is 0 Å². The average Bonchev–Trinajstić information content (AvgIpc) is 2.32. The van der Waals surface area contributed by atoms with E-state index in [1.807, 2.05) is 0 Å². The second-order valence-electron chi connectivity index (χ2n) is 4.45. The van der Waals surface area contributed by atoms with Crippen molar-refractivity contribution in [3.8, 4) is 0 Å². The summed E-state index contributed by atoms with van der Waals surface area (Å²) in [5.74, 6) is -1.87. The smallest absolute Gasteiger partial charge is 0.329 e. The number of benzene rings is 1. The van der Waals surface area contributed by atoms with E-state index in [4.69, 9.17) is 16.7 Å². The molecule has 0 bridgehead atoms. The van der Waals surface area contributed by atoms with Gasteiger partial charge in [-0.05, 0) is 26.0 Å². The zero-order valence-electron chi connectivity index (χ0n) is 10.7. The highest BCUT2D eigenvalue weighted by Crippen LogP contribution is 2.25. The van der Waals surface area contributed by atoms with E-state index in [9.17, 15) is 14.0 Å². The number of para-hydroxylation sites is 1. The Morgan fingerprint density at radius 1 is 1.42 bits per heavy atom. The summed E-state index contributed by atoms with van der Waals surface area (Å²) in [6, 6.07) is 3.20. The van der Waals surface area contributed by atoms with Gasteiger partial charge in [-0.1, -0.05) is 17.7 Å². The fraction of sp³-hybridized carbons (Fsp3) is 0.333. The Balaban J connectivity index is 2.95. The van der Waals surface area contributed by atoms with Crippen LogP contribution in [0.4, 0.5) is 14.9 Å². The molecule has 1 aromatic rings. The Morgan fingerprint density at radius 3 is 2.47 bits per heavy atom. The van der Waals surface area contributed by atoms with Gasteiger partial charge in [0, 0.05) is 7.05 Å². The first-order valence-electron chi connectivity index (χ1n) is 5.40. The van der Waals surface area contributed by atoms with Crippen molar-refractivity contribution in [2.75, 3.05) is 12.4 Å². The lowest BCUT2D eigenvalue weighted by Crippen LogP contribution is -2.52. The molecule has 2 amide bonds. The molecule has 1 aromatic carbocycles. The molecule has 5 nitrogen and oxygen atoms in total. The third-order valence-electron chi connectivity index (χ3n) is 2.86. The van der Waals surface area contributed by atoms with Gasteiger partial charge in [0.05, 0.1) is 10.7 Å². The molecule has 0 saturated heterocycles. The summed E-state index contributed by atoms with van der Waals surface area (Å²) < 4.78 is 13.5. The molecular weight excluding hydrogens is 275 g/mol. The highest BCUT2D eigenvalue weighted by molar-refractivity contribution is 6.33. The lowest BCUT2D eigenvalue weighted by Gasteiger charge is -2.31. The number of nitrogens with one attached hydrogen (secondary N) is 1. The van der Waals surface area contributed by atoms with E-state index >= 15 is 0 Å². The monoisotopic (exact) mass is 288 g/mol. The SMILES string of the molecule is CN(C(=O)Nc1c(F)cccc1Cl)C(C)(C)C(=O)O. The number of carbonyl (C=O) groups is 2. The van der Waals surface area contributed by atoms with Gasteiger partial charge in [0.1, 0.15) is 11.4 Å². The number of halogens is 2. The molecule has 0 aliphatic carbocycles. The van der Waals surface area contributed by atoms with Gasteiger partial charge < -0.3 is 15.3 Å². The van der Waals surface area contributed by atoms with Gasteiger partial charge in [0.15, 0.2) is 0 Å². The Kier molecular flexibility index (Phi) is 4.36. The first-order chi connectivity index (χ1) is 8.67. The van der Waals surface area contributed by atoms with Crippen LogP contribution < -0.4 is 5.32 Å². The number of rotatable bonds is 3. The van der Waals surface area contributed by atoms with E-state index < -0.39 is 23.4 Å². The van der Waals surface area contributed by atoms with Crippen LogP contribution in [0, 0.1) is 5.82 Å². The van der Waals surface area contributed by atoms with Gasteiger partial charge in [-0.2, -0.15) is 0 Å².